The number of carbonyl (C=O) groups excluding carboxylic acids is 1. The zero-order valence-corrected chi connectivity index (χ0v) is 12.2. The standard InChI is InChI=1S/C14H27N3O2/c1-14(2,15)13(18)17-5-3-4-12(11-17)10-16-6-8-19-9-7-16/h12H,3-11,15H2,1-2H3. The molecule has 0 aliphatic carbocycles. The Morgan fingerprint density at radius 3 is 2.63 bits per heavy atom. The second-order valence-corrected chi connectivity index (χ2v) is 6.39. The highest BCUT2D eigenvalue weighted by Crippen LogP contribution is 2.20. The lowest BCUT2D eigenvalue weighted by atomic mass is 9.95. The minimum absolute atomic E-state index is 0.0826. The van der Waals surface area contributed by atoms with Crippen molar-refractivity contribution in [1.82, 2.24) is 9.80 Å². The Morgan fingerprint density at radius 2 is 2.00 bits per heavy atom. The van der Waals surface area contributed by atoms with Gasteiger partial charge in [0.15, 0.2) is 0 Å². The van der Waals surface area contributed by atoms with E-state index in [1.165, 1.54) is 6.42 Å². The molecule has 2 heterocycles. The molecule has 2 N–H and O–H groups in total. The molecular weight excluding hydrogens is 242 g/mol. The van der Waals surface area contributed by atoms with Crippen molar-refractivity contribution in [2.24, 2.45) is 11.7 Å². The molecule has 1 atom stereocenters. The maximum atomic E-state index is 12.2. The van der Waals surface area contributed by atoms with Crippen LogP contribution < -0.4 is 5.73 Å². The number of morpholine rings is 1. The lowest BCUT2D eigenvalue weighted by molar-refractivity contribution is -0.137. The van der Waals surface area contributed by atoms with Crippen molar-refractivity contribution in [2.45, 2.75) is 32.2 Å². The van der Waals surface area contributed by atoms with Crippen LogP contribution in [0.15, 0.2) is 0 Å². The Kier molecular flexibility index (Phi) is 4.81. The average Bonchev–Trinajstić information content (AvgIpc) is 2.38. The van der Waals surface area contributed by atoms with Crippen molar-refractivity contribution in [3.63, 3.8) is 0 Å². The molecule has 0 aromatic carbocycles. The number of carbonyl (C=O) groups is 1. The quantitative estimate of drug-likeness (QED) is 0.800. The van der Waals surface area contributed by atoms with E-state index in [2.05, 4.69) is 4.90 Å². The van der Waals surface area contributed by atoms with Crippen molar-refractivity contribution < 1.29 is 9.53 Å². The van der Waals surface area contributed by atoms with Crippen LogP contribution in [0.25, 0.3) is 0 Å². The van der Waals surface area contributed by atoms with E-state index in [9.17, 15) is 4.79 Å². The van der Waals surface area contributed by atoms with Gasteiger partial charge in [-0.15, -0.1) is 0 Å². The van der Waals surface area contributed by atoms with Crippen molar-refractivity contribution in [1.29, 1.82) is 0 Å². The van der Waals surface area contributed by atoms with Gasteiger partial charge < -0.3 is 15.4 Å². The molecule has 2 aliphatic heterocycles. The van der Waals surface area contributed by atoms with E-state index in [0.717, 1.165) is 52.4 Å². The summed E-state index contributed by atoms with van der Waals surface area (Å²) in [5.74, 6) is 0.664. The summed E-state index contributed by atoms with van der Waals surface area (Å²) in [6, 6.07) is 0. The molecule has 2 saturated heterocycles. The van der Waals surface area contributed by atoms with Crippen LogP contribution in [-0.2, 0) is 9.53 Å². The van der Waals surface area contributed by atoms with Gasteiger partial charge in [-0.1, -0.05) is 0 Å². The normalized spacial score (nSPS) is 26.5. The van der Waals surface area contributed by atoms with Crippen LogP contribution in [-0.4, -0.2) is 67.2 Å². The lowest BCUT2D eigenvalue weighted by Crippen LogP contribution is -2.54. The SMILES string of the molecule is CC(C)(N)C(=O)N1CCCC(CN2CCOCC2)C1. The van der Waals surface area contributed by atoms with Gasteiger partial charge in [0.1, 0.15) is 0 Å². The third-order valence-electron chi connectivity index (χ3n) is 3.98. The summed E-state index contributed by atoms with van der Waals surface area (Å²) in [5.41, 5.74) is 5.17. The van der Waals surface area contributed by atoms with Gasteiger partial charge in [0, 0.05) is 32.7 Å². The predicted molar refractivity (Wildman–Crippen MR) is 74.8 cm³/mol. The Morgan fingerprint density at radius 1 is 1.32 bits per heavy atom. The summed E-state index contributed by atoms with van der Waals surface area (Å²) in [7, 11) is 0. The van der Waals surface area contributed by atoms with E-state index in [4.69, 9.17) is 10.5 Å². The van der Waals surface area contributed by atoms with Crippen LogP contribution in [0.4, 0.5) is 0 Å². The van der Waals surface area contributed by atoms with E-state index in [1.54, 1.807) is 13.8 Å². The number of amides is 1. The van der Waals surface area contributed by atoms with Crippen molar-refractivity contribution in [3.05, 3.63) is 0 Å². The summed E-state index contributed by atoms with van der Waals surface area (Å²) >= 11 is 0. The molecule has 0 spiro atoms. The lowest BCUT2D eigenvalue weighted by Gasteiger charge is -2.38. The molecule has 19 heavy (non-hydrogen) atoms. The summed E-state index contributed by atoms with van der Waals surface area (Å²) < 4.78 is 5.37. The predicted octanol–water partition coefficient (Wildman–Crippen LogP) is 0.295. The highest BCUT2D eigenvalue weighted by molar-refractivity contribution is 5.85. The molecule has 0 saturated carbocycles. The Hall–Kier alpha value is -0.650. The zero-order valence-electron chi connectivity index (χ0n) is 12.2. The first-order chi connectivity index (χ1) is 8.97. The fourth-order valence-corrected chi connectivity index (χ4v) is 2.95. The van der Waals surface area contributed by atoms with Gasteiger partial charge in [-0.25, -0.2) is 0 Å². The largest absolute Gasteiger partial charge is 0.379 e. The minimum atomic E-state index is -0.749. The van der Waals surface area contributed by atoms with Gasteiger partial charge in [-0.2, -0.15) is 0 Å². The Balaban J connectivity index is 1.84. The average molecular weight is 269 g/mol. The molecule has 5 heteroatoms. The fourth-order valence-electron chi connectivity index (χ4n) is 2.95. The summed E-state index contributed by atoms with van der Waals surface area (Å²) in [6.07, 6.45) is 2.31. The summed E-state index contributed by atoms with van der Waals surface area (Å²) in [5, 5.41) is 0. The van der Waals surface area contributed by atoms with Crippen LogP contribution in [0.3, 0.4) is 0 Å². The van der Waals surface area contributed by atoms with Gasteiger partial charge >= 0.3 is 0 Å². The van der Waals surface area contributed by atoms with Crippen LogP contribution in [0, 0.1) is 5.92 Å². The Bertz CT molecular complexity index is 308. The first-order valence-electron chi connectivity index (χ1n) is 7.35. The van der Waals surface area contributed by atoms with Crippen molar-refractivity contribution in [3.8, 4) is 0 Å². The van der Waals surface area contributed by atoms with E-state index in [-0.39, 0.29) is 5.91 Å². The monoisotopic (exact) mass is 269 g/mol. The van der Waals surface area contributed by atoms with Crippen LogP contribution in [0.1, 0.15) is 26.7 Å². The highest BCUT2D eigenvalue weighted by atomic mass is 16.5. The smallest absolute Gasteiger partial charge is 0.242 e. The molecule has 2 aliphatic rings. The maximum absolute atomic E-state index is 12.2. The third-order valence-corrected chi connectivity index (χ3v) is 3.98. The molecule has 2 rings (SSSR count). The molecule has 2 fully saturated rings. The number of piperidine rings is 1. The number of rotatable bonds is 3. The minimum Gasteiger partial charge on any atom is -0.379 e. The summed E-state index contributed by atoms with van der Waals surface area (Å²) in [6.45, 7) is 10.1. The van der Waals surface area contributed by atoms with Gasteiger partial charge in [-0.05, 0) is 32.6 Å². The highest BCUT2D eigenvalue weighted by Gasteiger charge is 2.32. The first kappa shape index (κ1) is 14.8. The molecule has 0 aromatic rings. The van der Waals surface area contributed by atoms with Crippen LogP contribution >= 0.6 is 0 Å². The zero-order chi connectivity index (χ0) is 13.9. The number of nitrogens with zero attached hydrogens (tertiary/aromatic N) is 2. The first-order valence-corrected chi connectivity index (χ1v) is 7.35. The number of likely N-dealkylation sites (tertiary alicyclic amines) is 1. The van der Waals surface area contributed by atoms with Gasteiger partial charge in [-0.3, -0.25) is 9.69 Å². The van der Waals surface area contributed by atoms with Crippen LogP contribution in [0.5, 0.6) is 0 Å². The van der Waals surface area contributed by atoms with E-state index in [1.807, 2.05) is 4.90 Å². The maximum Gasteiger partial charge on any atom is 0.242 e. The van der Waals surface area contributed by atoms with E-state index < -0.39 is 5.54 Å². The van der Waals surface area contributed by atoms with Gasteiger partial charge in [0.25, 0.3) is 0 Å². The second kappa shape index (κ2) is 6.20. The van der Waals surface area contributed by atoms with Crippen molar-refractivity contribution >= 4 is 5.91 Å². The number of nitrogens with two attached hydrogens (primary N) is 1. The molecular formula is C14H27N3O2. The number of hydrogen-bond acceptors (Lipinski definition) is 4. The Labute approximate surface area is 116 Å². The topological polar surface area (TPSA) is 58.8 Å². The number of hydrogen-bond donors (Lipinski definition) is 1. The third kappa shape index (κ3) is 4.16. The van der Waals surface area contributed by atoms with Gasteiger partial charge in [0.05, 0.1) is 18.8 Å². The van der Waals surface area contributed by atoms with E-state index >= 15 is 0 Å². The number of ether oxygens (including phenoxy) is 1. The molecule has 0 radical (unpaired) electrons. The summed E-state index contributed by atoms with van der Waals surface area (Å²) in [4.78, 5) is 16.6. The van der Waals surface area contributed by atoms with E-state index in [0.29, 0.717) is 5.92 Å². The van der Waals surface area contributed by atoms with Gasteiger partial charge in [0.2, 0.25) is 5.91 Å². The molecule has 0 aromatic heterocycles. The second-order valence-electron chi connectivity index (χ2n) is 6.39. The molecule has 1 unspecified atom stereocenters. The molecule has 1 amide bonds. The molecule has 110 valence electrons. The fraction of sp³-hybridized carbons (Fsp3) is 0.929. The van der Waals surface area contributed by atoms with Crippen molar-refractivity contribution in [2.75, 3.05) is 45.9 Å². The van der Waals surface area contributed by atoms with Crippen LogP contribution in [0.2, 0.25) is 0 Å². The molecule has 5 nitrogen and oxygen atoms in total. The molecule has 0 bridgehead atoms.